The van der Waals surface area contributed by atoms with Crippen molar-refractivity contribution >= 4 is 11.7 Å². The highest BCUT2D eigenvalue weighted by molar-refractivity contribution is 5.89. The Hall–Kier alpha value is -1.76. The number of carbonyl (C=O) groups excluding carboxylic acids is 1. The number of urea groups is 1. The molecule has 0 aliphatic heterocycles. The number of hydrogen-bond donors (Lipinski definition) is 3. The largest absolute Gasteiger partial charge is 0.394 e. The van der Waals surface area contributed by atoms with Crippen molar-refractivity contribution in [3.63, 3.8) is 0 Å². The zero-order valence-corrected chi connectivity index (χ0v) is 11.2. The molecule has 3 N–H and O–H groups in total. The van der Waals surface area contributed by atoms with E-state index in [0.717, 1.165) is 0 Å². The number of nitrogens with one attached hydrogen (secondary N) is 2. The minimum atomic E-state index is -4.29. The van der Waals surface area contributed by atoms with Gasteiger partial charge in [-0.05, 0) is 31.5 Å². The molecule has 2 amide bonds. The molecule has 0 spiro atoms. The highest BCUT2D eigenvalue weighted by atomic mass is 19.4. The van der Waals surface area contributed by atoms with E-state index in [-0.39, 0.29) is 17.9 Å². The number of aliphatic hydroxyl groups is 1. The maximum Gasteiger partial charge on any atom is 0.393 e. The molecule has 20 heavy (non-hydrogen) atoms. The van der Waals surface area contributed by atoms with E-state index < -0.39 is 24.2 Å². The summed E-state index contributed by atoms with van der Waals surface area (Å²) in [6.45, 7) is 2.98. The third kappa shape index (κ3) is 5.92. The van der Waals surface area contributed by atoms with Crippen molar-refractivity contribution < 1.29 is 23.1 Å². The molecule has 7 heteroatoms. The van der Waals surface area contributed by atoms with Crippen molar-refractivity contribution in [2.24, 2.45) is 0 Å². The zero-order chi connectivity index (χ0) is 15.4. The third-order valence-corrected chi connectivity index (χ3v) is 2.44. The number of benzene rings is 1. The number of alkyl halides is 3. The lowest BCUT2D eigenvalue weighted by molar-refractivity contribution is -0.127. The van der Waals surface area contributed by atoms with E-state index >= 15 is 0 Å². The van der Waals surface area contributed by atoms with Crippen LogP contribution in [0, 0.1) is 0 Å². The Morgan fingerprint density at radius 2 is 1.95 bits per heavy atom. The number of rotatable bonds is 4. The quantitative estimate of drug-likeness (QED) is 0.798. The van der Waals surface area contributed by atoms with Gasteiger partial charge in [0.05, 0.1) is 18.6 Å². The normalized spacial score (nSPS) is 12.1. The molecule has 0 aromatic heterocycles. The SMILES string of the molecule is CC(C)(CO)NC(=O)Nc1cccc(CC(F)(F)F)c1. The van der Waals surface area contributed by atoms with Crippen LogP contribution in [0.25, 0.3) is 0 Å². The predicted molar refractivity (Wildman–Crippen MR) is 69.5 cm³/mol. The van der Waals surface area contributed by atoms with Crippen LogP contribution >= 0.6 is 0 Å². The van der Waals surface area contributed by atoms with Crippen molar-refractivity contribution in [1.29, 1.82) is 0 Å². The first-order valence-electron chi connectivity index (χ1n) is 5.97. The van der Waals surface area contributed by atoms with Crippen molar-refractivity contribution in [2.45, 2.75) is 32.0 Å². The third-order valence-electron chi connectivity index (χ3n) is 2.44. The van der Waals surface area contributed by atoms with E-state index in [0.29, 0.717) is 0 Å². The van der Waals surface area contributed by atoms with Gasteiger partial charge >= 0.3 is 12.2 Å². The Kier molecular flexibility index (Phi) is 4.99. The van der Waals surface area contributed by atoms with Crippen molar-refractivity contribution in [3.8, 4) is 0 Å². The number of anilines is 1. The molecule has 0 saturated heterocycles. The molecule has 4 nitrogen and oxygen atoms in total. The maximum atomic E-state index is 12.3. The van der Waals surface area contributed by atoms with Gasteiger partial charge in [-0.1, -0.05) is 12.1 Å². The first-order chi connectivity index (χ1) is 9.11. The minimum Gasteiger partial charge on any atom is -0.394 e. The van der Waals surface area contributed by atoms with Crippen LogP contribution in [-0.2, 0) is 6.42 Å². The van der Waals surface area contributed by atoms with Crippen molar-refractivity contribution in [3.05, 3.63) is 29.8 Å². The minimum absolute atomic E-state index is 0.0664. The average molecular weight is 290 g/mol. The topological polar surface area (TPSA) is 61.4 Å². The van der Waals surface area contributed by atoms with Gasteiger partial charge < -0.3 is 15.7 Å². The Bertz CT molecular complexity index is 473. The Morgan fingerprint density at radius 3 is 2.50 bits per heavy atom. The smallest absolute Gasteiger partial charge is 0.393 e. The van der Waals surface area contributed by atoms with Crippen molar-refractivity contribution in [1.82, 2.24) is 5.32 Å². The first kappa shape index (κ1) is 16.3. The van der Waals surface area contributed by atoms with Crippen LogP contribution in [0.5, 0.6) is 0 Å². The highest BCUT2D eigenvalue weighted by Crippen LogP contribution is 2.22. The molecule has 0 aliphatic rings. The molecule has 1 aromatic rings. The number of aliphatic hydroxyl groups excluding tert-OH is 1. The maximum absolute atomic E-state index is 12.3. The standard InChI is InChI=1S/C13H17F3N2O2/c1-12(2,8-19)18-11(20)17-10-5-3-4-9(6-10)7-13(14,15)16/h3-6,19H,7-8H2,1-2H3,(H2,17,18,20). The molecule has 0 radical (unpaired) electrons. The molecule has 0 fully saturated rings. The molecule has 0 aliphatic carbocycles. The zero-order valence-electron chi connectivity index (χ0n) is 11.2. The van der Waals surface area contributed by atoms with Gasteiger partial charge in [-0.2, -0.15) is 13.2 Å². The lowest BCUT2D eigenvalue weighted by Gasteiger charge is -2.23. The lowest BCUT2D eigenvalue weighted by Crippen LogP contribution is -2.48. The molecule has 1 aromatic carbocycles. The van der Waals surface area contributed by atoms with Gasteiger partial charge in [0.2, 0.25) is 0 Å². The summed E-state index contributed by atoms with van der Waals surface area (Å²) in [5.74, 6) is 0. The van der Waals surface area contributed by atoms with E-state index in [9.17, 15) is 18.0 Å². The Labute approximate surface area is 115 Å². The van der Waals surface area contributed by atoms with Crippen LogP contribution in [0.2, 0.25) is 0 Å². The molecular formula is C13H17F3N2O2. The van der Waals surface area contributed by atoms with E-state index in [1.807, 2.05) is 0 Å². The molecule has 0 bridgehead atoms. The molecule has 112 valence electrons. The monoisotopic (exact) mass is 290 g/mol. The van der Waals surface area contributed by atoms with E-state index in [1.165, 1.54) is 24.3 Å². The summed E-state index contributed by atoms with van der Waals surface area (Å²) in [4.78, 5) is 11.6. The van der Waals surface area contributed by atoms with E-state index in [4.69, 9.17) is 5.11 Å². The van der Waals surface area contributed by atoms with Gasteiger partial charge in [0.1, 0.15) is 0 Å². The van der Waals surface area contributed by atoms with Gasteiger partial charge in [-0.15, -0.1) is 0 Å². The first-order valence-corrected chi connectivity index (χ1v) is 5.97. The van der Waals surface area contributed by atoms with Crippen LogP contribution in [0.15, 0.2) is 24.3 Å². The molecular weight excluding hydrogens is 273 g/mol. The second-order valence-electron chi connectivity index (χ2n) is 5.11. The number of carbonyl (C=O) groups is 1. The summed E-state index contributed by atoms with van der Waals surface area (Å²) >= 11 is 0. The van der Waals surface area contributed by atoms with Crippen molar-refractivity contribution in [2.75, 3.05) is 11.9 Å². The summed E-state index contributed by atoms with van der Waals surface area (Å²) in [5.41, 5.74) is -0.483. The van der Waals surface area contributed by atoms with Crippen LogP contribution in [0.3, 0.4) is 0 Å². The highest BCUT2D eigenvalue weighted by Gasteiger charge is 2.27. The van der Waals surface area contributed by atoms with Gasteiger partial charge in [-0.25, -0.2) is 4.79 Å². The molecule has 0 saturated carbocycles. The fourth-order valence-corrected chi connectivity index (χ4v) is 1.50. The van der Waals surface area contributed by atoms with E-state index in [2.05, 4.69) is 10.6 Å². The summed E-state index contributed by atoms with van der Waals surface area (Å²) in [5, 5.41) is 13.9. The predicted octanol–water partition coefficient (Wildman–Crippen LogP) is 2.68. The lowest BCUT2D eigenvalue weighted by atomic mass is 10.1. The fourth-order valence-electron chi connectivity index (χ4n) is 1.50. The molecule has 0 atom stereocenters. The van der Waals surface area contributed by atoms with Crippen LogP contribution in [0.4, 0.5) is 23.7 Å². The van der Waals surface area contributed by atoms with Crippen LogP contribution in [0.1, 0.15) is 19.4 Å². The number of hydrogen-bond acceptors (Lipinski definition) is 2. The second-order valence-corrected chi connectivity index (χ2v) is 5.11. The summed E-state index contributed by atoms with van der Waals surface area (Å²) in [6, 6.07) is 4.94. The molecule has 0 heterocycles. The van der Waals surface area contributed by atoms with Gasteiger partial charge in [0, 0.05) is 5.69 Å². The van der Waals surface area contributed by atoms with Gasteiger partial charge in [0.15, 0.2) is 0 Å². The Morgan fingerprint density at radius 1 is 1.30 bits per heavy atom. The summed E-state index contributed by atoms with van der Waals surface area (Å²) in [7, 11) is 0. The average Bonchev–Trinajstić information content (AvgIpc) is 2.26. The fraction of sp³-hybridized carbons (Fsp3) is 0.462. The number of halogens is 3. The van der Waals surface area contributed by atoms with Gasteiger partial charge in [0.25, 0.3) is 0 Å². The molecule has 0 unspecified atom stereocenters. The molecule has 1 rings (SSSR count). The summed E-state index contributed by atoms with van der Waals surface area (Å²) in [6.07, 6.45) is -5.34. The summed E-state index contributed by atoms with van der Waals surface area (Å²) < 4.78 is 36.8. The number of amides is 2. The van der Waals surface area contributed by atoms with Crippen LogP contribution in [-0.4, -0.2) is 29.5 Å². The van der Waals surface area contributed by atoms with Crippen LogP contribution < -0.4 is 10.6 Å². The van der Waals surface area contributed by atoms with Gasteiger partial charge in [-0.3, -0.25) is 0 Å². The van der Waals surface area contributed by atoms with E-state index in [1.54, 1.807) is 13.8 Å². The second kappa shape index (κ2) is 6.13. The Balaban J connectivity index is 2.69.